The zero-order chi connectivity index (χ0) is 11.2. The molecular weight excluding hydrogens is 208 g/mol. The predicted molar refractivity (Wildman–Crippen MR) is 56.7 cm³/mol. The smallest absolute Gasteiger partial charge is 0.315 e. The Morgan fingerprint density at radius 2 is 2.25 bits per heavy atom. The van der Waals surface area contributed by atoms with Gasteiger partial charge in [0.25, 0.3) is 0 Å². The van der Waals surface area contributed by atoms with Gasteiger partial charge in [0, 0.05) is 19.0 Å². The quantitative estimate of drug-likeness (QED) is 0.670. The van der Waals surface area contributed by atoms with Crippen LogP contribution in [0.2, 0.25) is 0 Å². The van der Waals surface area contributed by atoms with Gasteiger partial charge in [0.05, 0.1) is 0 Å². The normalized spacial score (nSPS) is 16.2. The van der Waals surface area contributed by atoms with E-state index in [-0.39, 0.29) is 6.03 Å². The van der Waals surface area contributed by atoms with Crippen molar-refractivity contribution in [1.82, 2.24) is 31.3 Å². The first-order chi connectivity index (χ1) is 7.84. The Kier molecular flexibility index (Phi) is 3.68. The van der Waals surface area contributed by atoms with Crippen LogP contribution in [-0.2, 0) is 6.42 Å². The summed E-state index contributed by atoms with van der Waals surface area (Å²) in [6, 6.07) is 0.251. The van der Waals surface area contributed by atoms with Crippen LogP contribution in [0.4, 0.5) is 4.79 Å². The van der Waals surface area contributed by atoms with Crippen molar-refractivity contribution in [2.45, 2.75) is 38.1 Å². The summed E-state index contributed by atoms with van der Waals surface area (Å²) in [5.41, 5.74) is 0. The molecule has 1 fully saturated rings. The highest BCUT2D eigenvalue weighted by atomic mass is 16.2. The summed E-state index contributed by atoms with van der Waals surface area (Å²) in [5, 5.41) is 19.1. The van der Waals surface area contributed by atoms with Crippen LogP contribution in [0.1, 0.15) is 31.5 Å². The van der Waals surface area contributed by atoms with Crippen LogP contribution in [-0.4, -0.2) is 39.2 Å². The number of carbonyl (C=O) groups is 1. The third-order valence-electron chi connectivity index (χ3n) is 2.71. The second-order valence-corrected chi connectivity index (χ2v) is 3.96. The van der Waals surface area contributed by atoms with Crippen molar-refractivity contribution in [1.29, 1.82) is 0 Å². The fraction of sp³-hybridized carbons (Fsp3) is 0.778. The number of hydrogen-bond acceptors (Lipinski definition) is 4. The van der Waals surface area contributed by atoms with Crippen molar-refractivity contribution in [3.05, 3.63) is 5.82 Å². The van der Waals surface area contributed by atoms with Crippen LogP contribution in [0.15, 0.2) is 0 Å². The maximum Gasteiger partial charge on any atom is 0.315 e. The SMILES string of the molecule is O=C(NCCc1nn[nH]n1)NC1CCCC1. The third-order valence-corrected chi connectivity index (χ3v) is 2.71. The van der Waals surface area contributed by atoms with Gasteiger partial charge in [0.1, 0.15) is 0 Å². The number of tetrazole rings is 1. The van der Waals surface area contributed by atoms with Gasteiger partial charge < -0.3 is 10.6 Å². The van der Waals surface area contributed by atoms with Crippen LogP contribution in [0, 0.1) is 0 Å². The molecule has 0 radical (unpaired) electrons. The number of carbonyl (C=O) groups excluding carboxylic acids is 1. The number of amides is 2. The molecule has 0 spiro atoms. The Morgan fingerprint density at radius 3 is 2.94 bits per heavy atom. The Labute approximate surface area is 93.4 Å². The number of H-pyrrole nitrogens is 1. The second kappa shape index (κ2) is 5.43. The fourth-order valence-corrected chi connectivity index (χ4v) is 1.88. The Bertz CT molecular complexity index is 319. The monoisotopic (exact) mass is 224 g/mol. The van der Waals surface area contributed by atoms with Crippen LogP contribution in [0.3, 0.4) is 0 Å². The molecule has 7 heteroatoms. The molecule has 1 aliphatic rings. The number of aromatic amines is 1. The molecule has 0 atom stereocenters. The molecule has 2 rings (SSSR count). The van der Waals surface area contributed by atoms with Crippen molar-refractivity contribution < 1.29 is 4.79 Å². The molecule has 0 aliphatic heterocycles. The highest BCUT2D eigenvalue weighted by Crippen LogP contribution is 2.17. The number of nitrogens with zero attached hydrogens (tertiary/aromatic N) is 3. The first-order valence-electron chi connectivity index (χ1n) is 5.61. The van der Waals surface area contributed by atoms with E-state index in [9.17, 15) is 4.79 Å². The van der Waals surface area contributed by atoms with E-state index in [0.717, 1.165) is 12.8 Å². The van der Waals surface area contributed by atoms with E-state index in [4.69, 9.17) is 0 Å². The standard InChI is InChI=1S/C9H16N6O/c16-9(11-7-3-1-2-4-7)10-6-5-8-12-14-15-13-8/h7H,1-6H2,(H2,10,11,16)(H,12,13,14,15). The van der Waals surface area contributed by atoms with E-state index in [1.807, 2.05) is 0 Å². The Balaban J connectivity index is 1.60. The number of aromatic nitrogens is 4. The molecule has 1 saturated carbocycles. The lowest BCUT2D eigenvalue weighted by Gasteiger charge is -2.12. The lowest BCUT2D eigenvalue weighted by Crippen LogP contribution is -2.41. The summed E-state index contributed by atoms with van der Waals surface area (Å²) in [4.78, 5) is 11.4. The molecular formula is C9H16N6O. The second-order valence-electron chi connectivity index (χ2n) is 3.96. The average molecular weight is 224 g/mol. The summed E-state index contributed by atoms with van der Waals surface area (Å²) >= 11 is 0. The highest BCUT2D eigenvalue weighted by molar-refractivity contribution is 5.74. The maximum atomic E-state index is 11.4. The number of rotatable bonds is 4. The van der Waals surface area contributed by atoms with Gasteiger partial charge in [-0.3, -0.25) is 0 Å². The predicted octanol–water partition coefficient (Wildman–Crippen LogP) is -0.0160. The summed E-state index contributed by atoms with van der Waals surface area (Å²) in [6.45, 7) is 0.526. The van der Waals surface area contributed by atoms with Gasteiger partial charge in [-0.25, -0.2) is 4.79 Å². The number of nitrogens with one attached hydrogen (secondary N) is 3. The lowest BCUT2D eigenvalue weighted by molar-refractivity contribution is 0.237. The summed E-state index contributed by atoms with van der Waals surface area (Å²) in [7, 11) is 0. The van der Waals surface area contributed by atoms with Crippen molar-refractivity contribution >= 4 is 6.03 Å². The minimum Gasteiger partial charge on any atom is -0.338 e. The first-order valence-corrected chi connectivity index (χ1v) is 5.61. The van der Waals surface area contributed by atoms with E-state index in [1.54, 1.807) is 0 Å². The fourth-order valence-electron chi connectivity index (χ4n) is 1.88. The zero-order valence-electron chi connectivity index (χ0n) is 9.07. The van der Waals surface area contributed by atoms with Gasteiger partial charge in [-0.15, -0.1) is 10.2 Å². The van der Waals surface area contributed by atoms with Gasteiger partial charge in [0.15, 0.2) is 5.82 Å². The van der Waals surface area contributed by atoms with E-state index in [2.05, 4.69) is 31.3 Å². The summed E-state index contributed by atoms with van der Waals surface area (Å²) < 4.78 is 0. The molecule has 0 aromatic carbocycles. The summed E-state index contributed by atoms with van der Waals surface area (Å²) in [6.07, 6.45) is 5.22. The lowest BCUT2D eigenvalue weighted by atomic mass is 10.2. The van der Waals surface area contributed by atoms with Gasteiger partial charge in [-0.05, 0) is 12.8 Å². The highest BCUT2D eigenvalue weighted by Gasteiger charge is 2.16. The molecule has 1 heterocycles. The Morgan fingerprint density at radius 1 is 1.44 bits per heavy atom. The number of hydrogen-bond donors (Lipinski definition) is 3. The largest absolute Gasteiger partial charge is 0.338 e. The van der Waals surface area contributed by atoms with Crippen molar-refractivity contribution in [2.24, 2.45) is 0 Å². The van der Waals surface area contributed by atoms with Gasteiger partial charge in [0.2, 0.25) is 0 Å². The van der Waals surface area contributed by atoms with Crippen LogP contribution < -0.4 is 10.6 Å². The molecule has 88 valence electrons. The Hall–Kier alpha value is -1.66. The molecule has 0 saturated heterocycles. The van der Waals surface area contributed by atoms with Crippen molar-refractivity contribution in [2.75, 3.05) is 6.54 Å². The van der Waals surface area contributed by atoms with E-state index >= 15 is 0 Å². The van der Waals surface area contributed by atoms with Gasteiger partial charge >= 0.3 is 6.03 Å². The molecule has 1 aromatic heterocycles. The third kappa shape index (κ3) is 3.18. The summed E-state index contributed by atoms with van der Waals surface area (Å²) in [5.74, 6) is 0.612. The minimum absolute atomic E-state index is 0.101. The molecule has 7 nitrogen and oxygen atoms in total. The van der Waals surface area contributed by atoms with E-state index < -0.39 is 0 Å². The van der Waals surface area contributed by atoms with Crippen molar-refractivity contribution in [3.8, 4) is 0 Å². The van der Waals surface area contributed by atoms with E-state index in [0.29, 0.717) is 24.8 Å². The maximum absolute atomic E-state index is 11.4. The molecule has 3 N–H and O–H groups in total. The molecule has 1 aliphatic carbocycles. The topological polar surface area (TPSA) is 95.6 Å². The molecule has 16 heavy (non-hydrogen) atoms. The van der Waals surface area contributed by atoms with Crippen LogP contribution in [0.25, 0.3) is 0 Å². The average Bonchev–Trinajstić information content (AvgIpc) is 2.90. The number of urea groups is 1. The zero-order valence-corrected chi connectivity index (χ0v) is 9.07. The molecule has 2 amide bonds. The van der Waals surface area contributed by atoms with Crippen LogP contribution >= 0.6 is 0 Å². The van der Waals surface area contributed by atoms with Gasteiger partial charge in [-0.2, -0.15) is 5.21 Å². The molecule has 1 aromatic rings. The molecule has 0 unspecified atom stereocenters. The van der Waals surface area contributed by atoms with Crippen LogP contribution in [0.5, 0.6) is 0 Å². The minimum atomic E-state index is -0.101. The molecule has 0 bridgehead atoms. The first kappa shape index (κ1) is 10.8. The van der Waals surface area contributed by atoms with Crippen molar-refractivity contribution in [3.63, 3.8) is 0 Å². The van der Waals surface area contributed by atoms with E-state index in [1.165, 1.54) is 12.8 Å². The van der Waals surface area contributed by atoms with Gasteiger partial charge in [-0.1, -0.05) is 18.1 Å².